The van der Waals surface area contributed by atoms with Gasteiger partial charge in [0.1, 0.15) is 11.8 Å². The molecule has 9 heteroatoms. The molecule has 0 bridgehead atoms. The van der Waals surface area contributed by atoms with E-state index in [1.807, 2.05) is 24.3 Å². The molecular weight excluding hydrogens is 458 g/mol. The number of amides is 2. The molecule has 1 aromatic heterocycles. The molecule has 0 spiro atoms. The Bertz CT molecular complexity index is 998. The van der Waals surface area contributed by atoms with Crippen LogP contribution in [0.4, 0.5) is 6.01 Å². The Hall–Kier alpha value is -3.10. The topological polar surface area (TPSA) is 115 Å². The zero-order valence-electron chi connectivity index (χ0n) is 21.5. The molecule has 1 aromatic carbocycles. The van der Waals surface area contributed by atoms with E-state index in [-0.39, 0.29) is 11.8 Å². The number of nitrogens with zero attached hydrogens (tertiary/aromatic N) is 4. The number of benzene rings is 1. The van der Waals surface area contributed by atoms with Crippen LogP contribution in [0.3, 0.4) is 0 Å². The molecule has 0 radical (unpaired) electrons. The predicted molar refractivity (Wildman–Crippen MR) is 137 cm³/mol. The highest BCUT2D eigenvalue weighted by molar-refractivity contribution is 5.87. The van der Waals surface area contributed by atoms with Gasteiger partial charge in [-0.05, 0) is 68.6 Å². The standard InChI is InChI=1S/C27H39N5O4/c1-19(2)26-29-27(36-30-26)31-16-13-20(14-17-31)5-4-18-35-22-10-7-21(8-11-22)9-12-24(33)32-15-3-6-23(32)25(28)34/h7-8,10-11,19-20,23H,3-6,9,12-18H2,1-2H3,(H2,28,34). The van der Waals surface area contributed by atoms with Gasteiger partial charge in [-0.15, -0.1) is 0 Å². The molecule has 2 fully saturated rings. The summed E-state index contributed by atoms with van der Waals surface area (Å²) >= 11 is 0. The number of rotatable bonds is 11. The lowest BCUT2D eigenvalue weighted by Gasteiger charge is -2.30. The predicted octanol–water partition coefficient (Wildman–Crippen LogP) is 3.68. The Morgan fingerprint density at radius 3 is 2.56 bits per heavy atom. The van der Waals surface area contributed by atoms with Crippen molar-refractivity contribution in [3.63, 3.8) is 0 Å². The molecule has 2 N–H and O–H groups in total. The highest BCUT2D eigenvalue weighted by Gasteiger charge is 2.32. The van der Waals surface area contributed by atoms with Gasteiger partial charge < -0.3 is 24.8 Å². The van der Waals surface area contributed by atoms with Crippen LogP contribution in [0.15, 0.2) is 28.8 Å². The van der Waals surface area contributed by atoms with E-state index in [0.29, 0.717) is 44.3 Å². The Morgan fingerprint density at radius 1 is 1.14 bits per heavy atom. The van der Waals surface area contributed by atoms with E-state index < -0.39 is 11.9 Å². The van der Waals surface area contributed by atoms with Crippen LogP contribution in [0.25, 0.3) is 0 Å². The van der Waals surface area contributed by atoms with E-state index in [1.54, 1.807) is 4.90 Å². The molecule has 3 heterocycles. The Balaban J connectivity index is 1.11. The fourth-order valence-electron chi connectivity index (χ4n) is 5.07. The van der Waals surface area contributed by atoms with Crippen molar-refractivity contribution in [2.24, 2.45) is 11.7 Å². The van der Waals surface area contributed by atoms with Gasteiger partial charge in [-0.25, -0.2) is 0 Å². The lowest BCUT2D eigenvalue weighted by atomic mass is 9.92. The van der Waals surface area contributed by atoms with Crippen molar-refractivity contribution in [3.05, 3.63) is 35.7 Å². The van der Waals surface area contributed by atoms with Gasteiger partial charge in [-0.1, -0.05) is 31.1 Å². The molecule has 1 atom stereocenters. The Kier molecular flexibility index (Phi) is 8.83. The SMILES string of the molecule is CC(C)c1noc(N2CCC(CCCOc3ccc(CCC(=O)N4CCCC4C(N)=O)cc3)CC2)n1. The third kappa shape index (κ3) is 6.77. The third-order valence-electron chi connectivity index (χ3n) is 7.31. The lowest BCUT2D eigenvalue weighted by Crippen LogP contribution is -2.43. The van der Waals surface area contributed by atoms with Crippen LogP contribution in [0.2, 0.25) is 0 Å². The highest BCUT2D eigenvalue weighted by Crippen LogP contribution is 2.26. The molecule has 2 aliphatic heterocycles. The number of ether oxygens (including phenoxy) is 1. The zero-order chi connectivity index (χ0) is 25.5. The van der Waals surface area contributed by atoms with E-state index in [1.165, 1.54) is 0 Å². The first-order chi connectivity index (χ1) is 17.4. The second-order valence-electron chi connectivity index (χ2n) is 10.3. The summed E-state index contributed by atoms with van der Waals surface area (Å²) in [5, 5.41) is 4.07. The van der Waals surface area contributed by atoms with Gasteiger partial charge in [-0.3, -0.25) is 9.59 Å². The second-order valence-corrected chi connectivity index (χ2v) is 10.3. The largest absolute Gasteiger partial charge is 0.494 e. The summed E-state index contributed by atoms with van der Waals surface area (Å²) in [6, 6.07) is 8.17. The normalized spacial score (nSPS) is 18.7. The molecule has 36 heavy (non-hydrogen) atoms. The van der Waals surface area contributed by atoms with Gasteiger partial charge in [0, 0.05) is 32.0 Å². The van der Waals surface area contributed by atoms with E-state index >= 15 is 0 Å². The van der Waals surface area contributed by atoms with Crippen molar-refractivity contribution < 1.29 is 18.8 Å². The molecule has 4 rings (SSSR count). The number of aromatic nitrogens is 2. The van der Waals surface area contributed by atoms with Crippen LogP contribution < -0.4 is 15.4 Å². The minimum atomic E-state index is -0.441. The van der Waals surface area contributed by atoms with E-state index in [2.05, 4.69) is 28.9 Å². The number of nitrogens with two attached hydrogens (primary N) is 1. The maximum absolute atomic E-state index is 12.5. The smallest absolute Gasteiger partial charge is 0.324 e. The molecule has 9 nitrogen and oxygen atoms in total. The second kappa shape index (κ2) is 12.2. The van der Waals surface area contributed by atoms with Crippen LogP contribution in [0.1, 0.15) is 76.1 Å². The van der Waals surface area contributed by atoms with Crippen LogP contribution in [-0.2, 0) is 16.0 Å². The molecule has 2 amide bonds. The van der Waals surface area contributed by atoms with Gasteiger partial charge in [0.15, 0.2) is 5.82 Å². The van der Waals surface area contributed by atoms with Crippen LogP contribution >= 0.6 is 0 Å². The summed E-state index contributed by atoms with van der Waals surface area (Å²) in [6.07, 6.45) is 6.97. The average Bonchev–Trinajstić information content (AvgIpc) is 3.57. The fourth-order valence-corrected chi connectivity index (χ4v) is 5.07. The summed E-state index contributed by atoms with van der Waals surface area (Å²) in [7, 11) is 0. The van der Waals surface area contributed by atoms with Crippen LogP contribution in [0, 0.1) is 5.92 Å². The molecule has 2 aliphatic rings. The molecule has 0 saturated carbocycles. The van der Waals surface area contributed by atoms with Gasteiger partial charge in [0.25, 0.3) is 0 Å². The molecule has 1 unspecified atom stereocenters. The number of piperidine rings is 1. The van der Waals surface area contributed by atoms with Crippen molar-refractivity contribution >= 4 is 17.8 Å². The molecule has 2 aromatic rings. The first-order valence-electron chi connectivity index (χ1n) is 13.3. The van der Waals surface area contributed by atoms with Crippen LogP contribution in [0.5, 0.6) is 5.75 Å². The highest BCUT2D eigenvalue weighted by atomic mass is 16.5. The molecule has 196 valence electrons. The number of carbonyl (C=O) groups excluding carboxylic acids is 2. The summed E-state index contributed by atoms with van der Waals surface area (Å²) < 4.78 is 11.4. The van der Waals surface area contributed by atoms with Crippen molar-refractivity contribution in [2.75, 3.05) is 31.1 Å². The summed E-state index contributed by atoms with van der Waals surface area (Å²) in [6.45, 7) is 7.36. The molecule has 0 aliphatic carbocycles. The third-order valence-corrected chi connectivity index (χ3v) is 7.31. The zero-order valence-corrected chi connectivity index (χ0v) is 21.5. The Labute approximate surface area is 213 Å². The van der Waals surface area contributed by atoms with Gasteiger partial charge in [0.2, 0.25) is 11.8 Å². The van der Waals surface area contributed by atoms with E-state index in [9.17, 15) is 9.59 Å². The van der Waals surface area contributed by atoms with Gasteiger partial charge in [-0.2, -0.15) is 4.98 Å². The lowest BCUT2D eigenvalue weighted by molar-refractivity contribution is -0.137. The minimum absolute atomic E-state index is 0.000131. The number of aryl methyl sites for hydroxylation is 1. The number of likely N-dealkylation sites (tertiary alicyclic amines) is 1. The van der Waals surface area contributed by atoms with Crippen molar-refractivity contribution in [2.45, 2.75) is 77.2 Å². The number of primary amides is 1. The quantitative estimate of drug-likeness (QED) is 0.471. The number of carbonyl (C=O) groups is 2. The van der Waals surface area contributed by atoms with E-state index in [0.717, 1.165) is 62.3 Å². The maximum Gasteiger partial charge on any atom is 0.324 e. The number of anilines is 1. The number of hydrogen-bond acceptors (Lipinski definition) is 7. The Morgan fingerprint density at radius 2 is 1.89 bits per heavy atom. The monoisotopic (exact) mass is 497 g/mol. The number of hydrogen-bond donors (Lipinski definition) is 1. The van der Waals surface area contributed by atoms with Crippen molar-refractivity contribution in [1.29, 1.82) is 0 Å². The molecular formula is C27H39N5O4. The first kappa shape index (κ1) is 26.0. The van der Waals surface area contributed by atoms with Gasteiger partial charge in [0.05, 0.1) is 6.61 Å². The fraction of sp³-hybridized carbons (Fsp3) is 0.630. The van der Waals surface area contributed by atoms with Crippen LogP contribution in [-0.4, -0.2) is 59.1 Å². The average molecular weight is 498 g/mol. The summed E-state index contributed by atoms with van der Waals surface area (Å²) in [5.41, 5.74) is 6.50. The van der Waals surface area contributed by atoms with Gasteiger partial charge >= 0.3 is 6.01 Å². The minimum Gasteiger partial charge on any atom is -0.494 e. The van der Waals surface area contributed by atoms with Crippen molar-refractivity contribution in [3.8, 4) is 5.75 Å². The van der Waals surface area contributed by atoms with E-state index in [4.69, 9.17) is 15.0 Å². The summed E-state index contributed by atoms with van der Waals surface area (Å²) in [5.74, 6) is 2.19. The first-order valence-corrected chi connectivity index (χ1v) is 13.3. The molecule has 2 saturated heterocycles. The summed E-state index contributed by atoms with van der Waals surface area (Å²) in [4.78, 5) is 32.4. The maximum atomic E-state index is 12.5. The van der Waals surface area contributed by atoms with Crippen molar-refractivity contribution in [1.82, 2.24) is 15.0 Å².